The Morgan fingerprint density at radius 1 is 1.41 bits per heavy atom. The van der Waals surface area contributed by atoms with Crippen molar-refractivity contribution in [2.45, 2.75) is 25.3 Å². The molecule has 116 valence electrons. The van der Waals surface area contributed by atoms with Crippen LogP contribution >= 0.6 is 0 Å². The second-order valence-corrected chi connectivity index (χ2v) is 5.34. The van der Waals surface area contributed by atoms with Gasteiger partial charge in [-0.3, -0.25) is 19.3 Å². The molecule has 0 saturated carbocycles. The van der Waals surface area contributed by atoms with E-state index in [2.05, 4.69) is 10.8 Å². The summed E-state index contributed by atoms with van der Waals surface area (Å²) >= 11 is 0. The van der Waals surface area contributed by atoms with Crippen molar-refractivity contribution in [3.05, 3.63) is 35.4 Å². The predicted octanol–water partition coefficient (Wildman–Crippen LogP) is 0.448. The summed E-state index contributed by atoms with van der Waals surface area (Å²) in [5.41, 5.74) is 3.03. The maximum Gasteiger partial charge on any atom is 0.325 e. The average Bonchev–Trinajstić information content (AvgIpc) is 3.00. The van der Waals surface area contributed by atoms with Gasteiger partial charge in [0.05, 0.1) is 6.61 Å². The van der Waals surface area contributed by atoms with E-state index < -0.39 is 17.5 Å². The molecule has 1 saturated heterocycles. The van der Waals surface area contributed by atoms with E-state index in [4.69, 9.17) is 4.84 Å². The lowest BCUT2D eigenvalue weighted by Gasteiger charge is -2.22. The molecule has 1 spiro atoms. The minimum absolute atomic E-state index is 0.309. The SMILES string of the molecule is CCONC(=O)CN1C(=O)N[C@@]2(CCc3ccccc32)C1=O. The molecule has 3 rings (SSSR count). The summed E-state index contributed by atoms with van der Waals surface area (Å²) in [6, 6.07) is 7.01. The zero-order valence-electron chi connectivity index (χ0n) is 12.2. The Hall–Kier alpha value is -2.41. The Balaban J connectivity index is 1.82. The molecule has 1 aliphatic carbocycles. The molecule has 1 heterocycles. The highest BCUT2D eigenvalue weighted by Crippen LogP contribution is 2.41. The molecule has 7 heteroatoms. The lowest BCUT2D eigenvalue weighted by atomic mass is 9.92. The molecule has 1 aromatic rings. The minimum Gasteiger partial charge on any atom is -0.319 e. The van der Waals surface area contributed by atoms with Crippen LogP contribution in [0.25, 0.3) is 0 Å². The second kappa shape index (κ2) is 5.42. The number of rotatable bonds is 4. The fourth-order valence-corrected chi connectivity index (χ4v) is 3.06. The van der Waals surface area contributed by atoms with Gasteiger partial charge in [-0.15, -0.1) is 0 Å². The van der Waals surface area contributed by atoms with Crippen molar-refractivity contribution in [3.8, 4) is 0 Å². The third-order valence-electron chi connectivity index (χ3n) is 4.05. The number of aryl methyl sites for hydroxylation is 1. The van der Waals surface area contributed by atoms with E-state index in [0.29, 0.717) is 13.0 Å². The Bertz CT molecular complexity index is 645. The summed E-state index contributed by atoms with van der Waals surface area (Å²) in [7, 11) is 0. The topological polar surface area (TPSA) is 87.7 Å². The maximum absolute atomic E-state index is 12.7. The van der Waals surface area contributed by atoms with Gasteiger partial charge in [-0.2, -0.15) is 0 Å². The standard InChI is InChI=1S/C15H17N3O4/c1-2-22-17-12(19)9-18-13(20)15(16-14(18)21)8-7-10-5-3-4-6-11(10)15/h3-6H,2,7-9H2,1H3,(H,16,21)(H,17,19)/t15-/m1/s1. The van der Waals surface area contributed by atoms with Crippen LogP contribution in [0.4, 0.5) is 4.79 Å². The minimum atomic E-state index is -1.03. The van der Waals surface area contributed by atoms with E-state index in [1.54, 1.807) is 6.92 Å². The number of urea groups is 1. The number of nitrogens with zero attached hydrogens (tertiary/aromatic N) is 1. The van der Waals surface area contributed by atoms with E-state index in [-0.39, 0.29) is 12.5 Å². The zero-order valence-corrected chi connectivity index (χ0v) is 12.2. The van der Waals surface area contributed by atoms with Gasteiger partial charge in [0.25, 0.3) is 11.8 Å². The molecule has 0 radical (unpaired) electrons. The van der Waals surface area contributed by atoms with Crippen molar-refractivity contribution in [2.75, 3.05) is 13.2 Å². The van der Waals surface area contributed by atoms with E-state index in [1.165, 1.54) is 0 Å². The molecule has 1 aromatic carbocycles. The molecule has 2 aliphatic rings. The van der Waals surface area contributed by atoms with Gasteiger partial charge >= 0.3 is 6.03 Å². The van der Waals surface area contributed by atoms with Crippen LogP contribution in [0.3, 0.4) is 0 Å². The lowest BCUT2D eigenvalue weighted by Crippen LogP contribution is -2.43. The quantitative estimate of drug-likeness (QED) is 0.624. The van der Waals surface area contributed by atoms with Crippen LogP contribution in [0.5, 0.6) is 0 Å². The Kier molecular flexibility index (Phi) is 3.58. The molecule has 4 amide bonds. The first-order valence-electron chi connectivity index (χ1n) is 7.21. The second-order valence-electron chi connectivity index (χ2n) is 5.34. The van der Waals surface area contributed by atoms with Gasteiger partial charge in [-0.05, 0) is 30.9 Å². The van der Waals surface area contributed by atoms with E-state index in [0.717, 1.165) is 22.4 Å². The smallest absolute Gasteiger partial charge is 0.319 e. The van der Waals surface area contributed by atoms with E-state index >= 15 is 0 Å². The number of hydroxylamine groups is 1. The van der Waals surface area contributed by atoms with Crippen LogP contribution in [0.15, 0.2) is 24.3 Å². The maximum atomic E-state index is 12.7. The van der Waals surface area contributed by atoms with Crippen molar-refractivity contribution < 1.29 is 19.2 Å². The Morgan fingerprint density at radius 3 is 2.95 bits per heavy atom. The summed E-state index contributed by atoms with van der Waals surface area (Å²) in [6.45, 7) is 1.68. The largest absolute Gasteiger partial charge is 0.325 e. The van der Waals surface area contributed by atoms with Crippen molar-refractivity contribution >= 4 is 17.8 Å². The van der Waals surface area contributed by atoms with Gasteiger partial charge in [-0.1, -0.05) is 24.3 Å². The van der Waals surface area contributed by atoms with Crippen LogP contribution < -0.4 is 10.8 Å². The molecule has 1 aliphatic heterocycles. The fourth-order valence-electron chi connectivity index (χ4n) is 3.06. The number of amides is 4. The van der Waals surface area contributed by atoms with Crippen molar-refractivity contribution in [1.29, 1.82) is 0 Å². The van der Waals surface area contributed by atoms with E-state index in [9.17, 15) is 14.4 Å². The van der Waals surface area contributed by atoms with Crippen LogP contribution in [0.2, 0.25) is 0 Å². The van der Waals surface area contributed by atoms with Crippen LogP contribution in [0.1, 0.15) is 24.5 Å². The number of hydrogen-bond acceptors (Lipinski definition) is 4. The molecule has 1 fully saturated rings. The number of imide groups is 1. The number of fused-ring (bicyclic) bond motifs is 2. The molecule has 1 atom stereocenters. The number of carbonyl (C=O) groups excluding carboxylic acids is 3. The van der Waals surface area contributed by atoms with Gasteiger partial charge < -0.3 is 5.32 Å². The molecule has 7 nitrogen and oxygen atoms in total. The molecule has 22 heavy (non-hydrogen) atoms. The molecule has 2 N–H and O–H groups in total. The highest BCUT2D eigenvalue weighted by atomic mass is 16.6. The number of hydrogen-bond donors (Lipinski definition) is 2. The van der Waals surface area contributed by atoms with Crippen molar-refractivity contribution in [1.82, 2.24) is 15.7 Å². The van der Waals surface area contributed by atoms with Crippen LogP contribution in [-0.2, 0) is 26.4 Å². The average molecular weight is 303 g/mol. The Labute approximate surface area is 127 Å². The number of benzene rings is 1. The monoisotopic (exact) mass is 303 g/mol. The van der Waals surface area contributed by atoms with Gasteiger partial charge in [0.2, 0.25) is 0 Å². The van der Waals surface area contributed by atoms with Gasteiger partial charge in [0.15, 0.2) is 0 Å². The molecule has 0 unspecified atom stereocenters. The lowest BCUT2D eigenvalue weighted by molar-refractivity contribution is -0.140. The summed E-state index contributed by atoms with van der Waals surface area (Å²) < 4.78 is 0. The molecular formula is C15H17N3O4. The highest BCUT2D eigenvalue weighted by Gasteiger charge is 2.55. The Morgan fingerprint density at radius 2 is 2.18 bits per heavy atom. The normalized spacial score (nSPS) is 22.9. The van der Waals surface area contributed by atoms with Gasteiger partial charge in [-0.25, -0.2) is 10.3 Å². The third-order valence-corrected chi connectivity index (χ3v) is 4.05. The molecule has 0 aromatic heterocycles. The van der Waals surface area contributed by atoms with E-state index in [1.807, 2.05) is 24.3 Å². The number of nitrogens with one attached hydrogen (secondary N) is 2. The molecular weight excluding hydrogens is 286 g/mol. The van der Waals surface area contributed by atoms with Gasteiger partial charge in [0.1, 0.15) is 12.1 Å². The van der Waals surface area contributed by atoms with Crippen LogP contribution in [-0.4, -0.2) is 35.9 Å². The molecule has 0 bridgehead atoms. The summed E-state index contributed by atoms with van der Waals surface area (Å²) in [5, 5.41) is 2.76. The summed E-state index contributed by atoms with van der Waals surface area (Å²) in [4.78, 5) is 42.3. The fraction of sp³-hybridized carbons (Fsp3) is 0.400. The highest BCUT2D eigenvalue weighted by molar-refractivity contribution is 6.09. The zero-order chi connectivity index (χ0) is 15.7. The van der Waals surface area contributed by atoms with Gasteiger partial charge in [0, 0.05) is 0 Å². The first-order valence-corrected chi connectivity index (χ1v) is 7.21. The third kappa shape index (κ3) is 2.14. The predicted molar refractivity (Wildman–Crippen MR) is 76.5 cm³/mol. The summed E-state index contributed by atoms with van der Waals surface area (Å²) in [5.74, 6) is -0.914. The number of carbonyl (C=O) groups is 3. The van der Waals surface area contributed by atoms with Crippen LogP contribution in [0, 0.1) is 0 Å². The first-order chi connectivity index (χ1) is 10.6. The first kappa shape index (κ1) is 14.5. The van der Waals surface area contributed by atoms with Crippen molar-refractivity contribution in [3.63, 3.8) is 0 Å². The van der Waals surface area contributed by atoms with Crippen molar-refractivity contribution in [2.24, 2.45) is 0 Å². The summed E-state index contributed by atoms with van der Waals surface area (Å²) in [6.07, 6.45) is 1.24.